The highest BCUT2D eigenvalue weighted by molar-refractivity contribution is 9.10. The molecular formula is C9H9BrN2. The Balaban J connectivity index is 3.16. The van der Waals surface area contributed by atoms with Gasteiger partial charge < -0.3 is 5.73 Å². The van der Waals surface area contributed by atoms with Gasteiger partial charge in [0.1, 0.15) is 6.07 Å². The molecule has 0 saturated carbocycles. The van der Waals surface area contributed by atoms with Crippen LogP contribution in [0.15, 0.2) is 22.7 Å². The van der Waals surface area contributed by atoms with E-state index >= 15 is 0 Å². The molecule has 3 heteroatoms. The molecule has 0 amide bonds. The van der Waals surface area contributed by atoms with E-state index in [1.165, 1.54) is 0 Å². The number of hydrogen-bond acceptors (Lipinski definition) is 2. The van der Waals surface area contributed by atoms with Gasteiger partial charge in [0.2, 0.25) is 0 Å². The maximum atomic E-state index is 8.70. The average Bonchev–Trinajstić information content (AvgIpc) is 2.05. The third-order valence-corrected chi connectivity index (χ3v) is 2.33. The summed E-state index contributed by atoms with van der Waals surface area (Å²) in [5, 5.41) is 8.70. The van der Waals surface area contributed by atoms with Crippen molar-refractivity contribution in [3.63, 3.8) is 0 Å². The van der Waals surface area contributed by atoms with Crippen molar-refractivity contribution < 1.29 is 0 Å². The normalized spacial score (nSPS) is 12.2. The summed E-state index contributed by atoms with van der Waals surface area (Å²) < 4.78 is 0.814. The maximum absolute atomic E-state index is 8.70. The Morgan fingerprint density at radius 2 is 2.25 bits per heavy atom. The second-order valence-electron chi connectivity index (χ2n) is 2.64. The fraction of sp³-hybridized carbons (Fsp3) is 0.222. The van der Waals surface area contributed by atoms with E-state index in [4.69, 9.17) is 11.0 Å². The predicted molar refractivity (Wildman–Crippen MR) is 51.5 cm³/mol. The molecule has 0 spiro atoms. The molecule has 0 aliphatic heterocycles. The van der Waals surface area contributed by atoms with Gasteiger partial charge in [0.15, 0.2) is 0 Å². The Bertz CT molecular complexity index is 326. The molecule has 1 atom stereocenters. The molecule has 0 aliphatic rings. The van der Waals surface area contributed by atoms with Crippen LogP contribution < -0.4 is 5.73 Å². The van der Waals surface area contributed by atoms with Crippen LogP contribution in [0, 0.1) is 11.3 Å². The first-order chi connectivity index (χ1) is 5.65. The largest absolute Gasteiger partial charge is 0.324 e. The lowest BCUT2D eigenvalue weighted by Gasteiger charge is -2.05. The molecule has 2 nitrogen and oxygen atoms in total. The Hall–Kier alpha value is -0.850. The van der Waals surface area contributed by atoms with Crippen LogP contribution in [0.4, 0.5) is 0 Å². The van der Waals surface area contributed by atoms with E-state index in [1.54, 1.807) is 6.07 Å². The van der Waals surface area contributed by atoms with Crippen LogP contribution in [0.1, 0.15) is 24.1 Å². The van der Waals surface area contributed by atoms with E-state index in [9.17, 15) is 0 Å². The third kappa shape index (κ3) is 1.84. The zero-order valence-electron chi connectivity index (χ0n) is 6.71. The van der Waals surface area contributed by atoms with Crippen LogP contribution in [0.5, 0.6) is 0 Å². The highest BCUT2D eigenvalue weighted by atomic mass is 79.9. The summed E-state index contributed by atoms with van der Waals surface area (Å²) in [6, 6.07) is 7.62. The van der Waals surface area contributed by atoms with Crippen molar-refractivity contribution in [2.75, 3.05) is 0 Å². The van der Waals surface area contributed by atoms with Crippen molar-refractivity contribution in [2.24, 2.45) is 5.73 Å². The van der Waals surface area contributed by atoms with Crippen molar-refractivity contribution >= 4 is 15.9 Å². The number of halogens is 1. The van der Waals surface area contributed by atoms with Gasteiger partial charge in [-0.2, -0.15) is 5.26 Å². The zero-order chi connectivity index (χ0) is 9.14. The number of hydrogen-bond donors (Lipinski definition) is 1. The van der Waals surface area contributed by atoms with Gasteiger partial charge >= 0.3 is 0 Å². The van der Waals surface area contributed by atoms with Gasteiger partial charge in [0, 0.05) is 10.5 Å². The average molecular weight is 225 g/mol. The summed E-state index contributed by atoms with van der Waals surface area (Å²) in [4.78, 5) is 0. The van der Waals surface area contributed by atoms with Crippen molar-refractivity contribution in [1.29, 1.82) is 5.26 Å². The van der Waals surface area contributed by atoms with Gasteiger partial charge in [0.25, 0.3) is 0 Å². The zero-order valence-corrected chi connectivity index (χ0v) is 8.30. The van der Waals surface area contributed by atoms with E-state index in [1.807, 2.05) is 19.1 Å². The summed E-state index contributed by atoms with van der Waals surface area (Å²) in [5.74, 6) is 0. The van der Waals surface area contributed by atoms with Crippen molar-refractivity contribution in [2.45, 2.75) is 13.0 Å². The topological polar surface area (TPSA) is 49.8 Å². The molecule has 2 N–H and O–H groups in total. The fourth-order valence-electron chi connectivity index (χ4n) is 0.912. The van der Waals surface area contributed by atoms with Crippen LogP contribution in [0.3, 0.4) is 0 Å². The van der Waals surface area contributed by atoms with Gasteiger partial charge in [-0.1, -0.05) is 6.07 Å². The monoisotopic (exact) mass is 224 g/mol. The highest BCUT2D eigenvalue weighted by Crippen LogP contribution is 2.19. The van der Waals surface area contributed by atoms with Gasteiger partial charge in [-0.25, -0.2) is 0 Å². The molecule has 0 bridgehead atoms. The van der Waals surface area contributed by atoms with E-state index in [0.717, 1.165) is 10.0 Å². The molecule has 1 rings (SSSR count). The van der Waals surface area contributed by atoms with Crippen LogP contribution >= 0.6 is 15.9 Å². The molecule has 1 aromatic rings. The van der Waals surface area contributed by atoms with E-state index < -0.39 is 0 Å². The number of benzene rings is 1. The smallest absolute Gasteiger partial charge is 0.100 e. The number of nitrogens with two attached hydrogens (primary N) is 1. The number of nitrogens with zero attached hydrogens (tertiary/aromatic N) is 1. The molecule has 0 aromatic heterocycles. The summed E-state index contributed by atoms with van der Waals surface area (Å²) >= 11 is 3.28. The summed E-state index contributed by atoms with van der Waals surface area (Å²) in [6.45, 7) is 1.89. The quantitative estimate of drug-likeness (QED) is 0.797. The van der Waals surface area contributed by atoms with Crippen molar-refractivity contribution in [1.82, 2.24) is 0 Å². The van der Waals surface area contributed by atoms with E-state index in [0.29, 0.717) is 5.56 Å². The van der Waals surface area contributed by atoms with Crippen molar-refractivity contribution in [3.8, 4) is 6.07 Å². The molecule has 0 fully saturated rings. The van der Waals surface area contributed by atoms with Crippen LogP contribution in [-0.4, -0.2) is 0 Å². The summed E-state index contributed by atoms with van der Waals surface area (Å²) in [5.41, 5.74) is 7.27. The lowest BCUT2D eigenvalue weighted by atomic mass is 10.1. The molecular weight excluding hydrogens is 216 g/mol. The first-order valence-corrected chi connectivity index (χ1v) is 4.39. The first kappa shape index (κ1) is 9.24. The molecule has 0 radical (unpaired) electrons. The fourth-order valence-corrected chi connectivity index (χ4v) is 1.25. The molecule has 62 valence electrons. The first-order valence-electron chi connectivity index (χ1n) is 3.60. The molecule has 12 heavy (non-hydrogen) atoms. The molecule has 0 unspecified atom stereocenters. The maximum Gasteiger partial charge on any atom is 0.100 e. The lowest BCUT2D eigenvalue weighted by Crippen LogP contribution is -2.04. The molecule has 0 heterocycles. The van der Waals surface area contributed by atoms with Gasteiger partial charge in [-0.05, 0) is 40.5 Å². The Labute approximate surface area is 80.1 Å². The van der Waals surface area contributed by atoms with Crippen LogP contribution in [0.2, 0.25) is 0 Å². The number of nitriles is 1. The van der Waals surface area contributed by atoms with Crippen LogP contribution in [-0.2, 0) is 0 Å². The Morgan fingerprint density at radius 1 is 1.58 bits per heavy atom. The van der Waals surface area contributed by atoms with Gasteiger partial charge in [-0.3, -0.25) is 0 Å². The molecule has 0 saturated heterocycles. The lowest BCUT2D eigenvalue weighted by molar-refractivity contribution is 0.817. The summed E-state index contributed by atoms with van der Waals surface area (Å²) in [6.07, 6.45) is 0. The van der Waals surface area contributed by atoms with E-state index in [2.05, 4.69) is 22.0 Å². The molecule has 0 aliphatic carbocycles. The highest BCUT2D eigenvalue weighted by Gasteiger charge is 2.03. The Morgan fingerprint density at radius 3 is 2.75 bits per heavy atom. The summed E-state index contributed by atoms with van der Waals surface area (Å²) in [7, 11) is 0. The van der Waals surface area contributed by atoms with Crippen molar-refractivity contribution in [3.05, 3.63) is 33.8 Å². The minimum absolute atomic E-state index is 0.0230. The standard InChI is InChI=1S/C9H9BrN2/c1-6(12)7-2-3-9(10)8(4-7)5-11/h2-4,6H,12H2,1H3/t6-/m0/s1. The second kappa shape index (κ2) is 3.70. The Kier molecular flexibility index (Phi) is 2.85. The minimum Gasteiger partial charge on any atom is -0.324 e. The minimum atomic E-state index is -0.0230. The van der Waals surface area contributed by atoms with E-state index in [-0.39, 0.29) is 6.04 Å². The van der Waals surface area contributed by atoms with Crippen LogP contribution in [0.25, 0.3) is 0 Å². The number of rotatable bonds is 1. The predicted octanol–water partition coefficient (Wildman–Crippen LogP) is 2.34. The van der Waals surface area contributed by atoms with Gasteiger partial charge in [0.05, 0.1) is 5.56 Å². The SMILES string of the molecule is C[C@H](N)c1ccc(Br)c(C#N)c1. The second-order valence-corrected chi connectivity index (χ2v) is 3.49. The van der Waals surface area contributed by atoms with Gasteiger partial charge in [-0.15, -0.1) is 0 Å². The molecule has 1 aromatic carbocycles. The third-order valence-electron chi connectivity index (χ3n) is 1.64.